The Morgan fingerprint density at radius 1 is 1.05 bits per heavy atom. The molecule has 0 unspecified atom stereocenters. The fourth-order valence-corrected chi connectivity index (χ4v) is 3.04. The van der Waals surface area contributed by atoms with Crippen molar-refractivity contribution >= 4 is 23.1 Å². The average molecular weight is 308 g/mol. The van der Waals surface area contributed by atoms with Gasteiger partial charge in [0, 0.05) is 11.3 Å². The van der Waals surface area contributed by atoms with Gasteiger partial charge in [-0.1, -0.05) is 35.9 Å². The number of hydrogen-bond donors (Lipinski definition) is 1. The van der Waals surface area contributed by atoms with E-state index < -0.39 is 0 Å². The van der Waals surface area contributed by atoms with Crippen molar-refractivity contribution in [1.29, 1.82) is 0 Å². The summed E-state index contributed by atoms with van der Waals surface area (Å²) < 4.78 is 0. The Hall–Kier alpha value is -2.46. The third-order valence-electron chi connectivity index (χ3n) is 3.36. The summed E-state index contributed by atoms with van der Waals surface area (Å²) in [5.41, 5.74) is 4.08. The molecule has 2 heterocycles. The number of aryl methyl sites for hydroxylation is 2. The SMILES string of the molecule is Cc1ccc(-c2ccsc2C(=O)Nc2cccc(C)n2)cc1. The minimum Gasteiger partial charge on any atom is -0.306 e. The number of pyridine rings is 1. The van der Waals surface area contributed by atoms with Gasteiger partial charge in [0.2, 0.25) is 0 Å². The van der Waals surface area contributed by atoms with E-state index in [9.17, 15) is 4.79 Å². The molecule has 0 fully saturated rings. The second-order valence-corrected chi connectivity index (χ2v) is 6.06. The minimum atomic E-state index is -0.122. The number of rotatable bonds is 3. The highest BCUT2D eigenvalue weighted by Gasteiger charge is 2.15. The molecule has 0 aliphatic carbocycles. The Morgan fingerprint density at radius 3 is 2.55 bits per heavy atom. The van der Waals surface area contributed by atoms with Gasteiger partial charge in [-0.2, -0.15) is 0 Å². The van der Waals surface area contributed by atoms with E-state index in [0.29, 0.717) is 10.7 Å². The Bertz CT molecular complexity index is 806. The molecule has 0 saturated carbocycles. The number of aromatic nitrogens is 1. The molecule has 0 spiro atoms. The Kier molecular flexibility index (Phi) is 4.02. The van der Waals surface area contributed by atoms with Gasteiger partial charge in [0.25, 0.3) is 5.91 Å². The molecule has 110 valence electrons. The number of anilines is 1. The molecule has 0 aliphatic rings. The van der Waals surface area contributed by atoms with E-state index in [1.54, 1.807) is 6.07 Å². The molecule has 0 bridgehead atoms. The normalized spacial score (nSPS) is 10.5. The zero-order valence-corrected chi connectivity index (χ0v) is 13.3. The molecule has 3 aromatic rings. The van der Waals surface area contributed by atoms with Crippen LogP contribution in [0.15, 0.2) is 53.9 Å². The van der Waals surface area contributed by atoms with E-state index in [4.69, 9.17) is 0 Å². The largest absolute Gasteiger partial charge is 0.306 e. The van der Waals surface area contributed by atoms with Crippen molar-refractivity contribution < 1.29 is 4.79 Å². The van der Waals surface area contributed by atoms with Gasteiger partial charge in [-0.3, -0.25) is 4.79 Å². The van der Waals surface area contributed by atoms with Crippen molar-refractivity contribution in [2.45, 2.75) is 13.8 Å². The number of carbonyl (C=O) groups is 1. The summed E-state index contributed by atoms with van der Waals surface area (Å²) in [7, 11) is 0. The number of thiophene rings is 1. The Labute approximate surface area is 133 Å². The molecule has 3 rings (SSSR count). The van der Waals surface area contributed by atoms with E-state index in [1.807, 2.05) is 42.6 Å². The van der Waals surface area contributed by atoms with Crippen LogP contribution in [-0.4, -0.2) is 10.9 Å². The maximum Gasteiger partial charge on any atom is 0.267 e. The van der Waals surface area contributed by atoms with E-state index in [2.05, 4.69) is 29.4 Å². The highest BCUT2D eigenvalue weighted by molar-refractivity contribution is 7.12. The molecule has 22 heavy (non-hydrogen) atoms. The molecule has 2 aromatic heterocycles. The molecular weight excluding hydrogens is 292 g/mol. The van der Waals surface area contributed by atoms with Crippen molar-refractivity contribution in [3.05, 3.63) is 70.0 Å². The van der Waals surface area contributed by atoms with Crippen LogP contribution in [-0.2, 0) is 0 Å². The van der Waals surface area contributed by atoms with Gasteiger partial charge in [-0.15, -0.1) is 11.3 Å². The van der Waals surface area contributed by atoms with Crippen LogP contribution in [0, 0.1) is 13.8 Å². The second-order valence-electron chi connectivity index (χ2n) is 5.15. The molecule has 0 radical (unpaired) electrons. The average Bonchev–Trinajstić information content (AvgIpc) is 2.97. The maximum atomic E-state index is 12.5. The predicted molar refractivity (Wildman–Crippen MR) is 91.4 cm³/mol. The summed E-state index contributed by atoms with van der Waals surface area (Å²) >= 11 is 1.44. The lowest BCUT2D eigenvalue weighted by Gasteiger charge is -2.06. The van der Waals surface area contributed by atoms with E-state index in [-0.39, 0.29) is 5.91 Å². The van der Waals surface area contributed by atoms with Gasteiger partial charge in [0.05, 0.1) is 0 Å². The first-order valence-electron chi connectivity index (χ1n) is 7.03. The van der Waals surface area contributed by atoms with E-state index in [0.717, 1.165) is 16.8 Å². The number of carbonyl (C=O) groups excluding carboxylic acids is 1. The fourth-order valence-electron chi connectivity index (χ4n) is 2.23. The fraction of sp³-hybridized carbons (Fsp3) is 0.111. The maximum absolute atomic E-state index is 12.5. The van der Waals surface area contributed by atoms with Gasteiger partial charge in [-0.05, 0) is 43.0 Å². The Balaban J connectivity index is 1.88. The first-order chi connectivity index (χ1) is 10.6. The number of amides is 1. The molecule has 0 atom stereocenters. The van der Waals surface area contributed by atoms with Gasteiger partial charge >= 0.3 is 0 Å². The lowest BCUT2D eigenvalue weighted by molar-refractivity contribution is 0.103. The molecule has 0 saturated heterocycles. The molecule has 4 heteroatoms. The van der Waals surface area contributed by atoms with E-state index >= 15 is 0 Å². The number of benzene rings is 1. The first-order valence-corrected chi connectivity index (χ1v) is 7.91. The molecule has 1 amide bonds. The van der Waals surface area contributed by atoms with Crippen LogP contribution >= 0.6 is 11.3 Å². The predicted octanol–water partition coefficient (Wildman–Crippen LogP) is 4.68. The van der Waals surface area contributed by atoms with Gasteiger partial charge in [0.15, 0.2) is 0 Å². The zero-order valence-electron chi connectivity index (χ0n) is 12.5. The molecule has 1 aromatic carbocycles. The summed E-state index contributed by atoms with van der Waals surface area (Å²) in [6.45, 7) is 3.95. The van der Waals surface area contributed by atoms with Crippen LogP contribution in [0.1, 0.15) is 20.9 Å². The Morgan fingerprint density at radius 2 is 1.82 bits per heavy atom. The second kappa shape index (κ2) is 6.12. The number of nitrogens with one attached hydrogen (secondary N) is 1. The number of nitrogens with zero attached hydrogens (tertiary/aromatic N) is 1. The van der Waals surface area contributed by atoms with Crippen molar-refractivity contribution in [2.24, 2.45) is 0 Å². The minimum absolute atomic E-state index is 0.122. The molecule has 1 N–H and O–H groups in total. The van der Waals surface area contributed by atoms with Crippen molar-refractivity contribution in [1.82, 2.24) is 4.98 Å². The highest BCUT2D eigenvalue weighted by atomic mass is 32.1. The van der Waals surface area contributed by atoms with Crippen LogP contribution in [0.2, 0.25) is 0 Å². The standard InChI is InChI=1S/C18H16N2OS/c1-12-6-8-14(9-7-12)15-10-11-22-17(15)18(21)20-16-5-3-4-13(2)19-16/h3-11H,1-2H3,(H,19,20,21). The van der Waals surface area contributed by atoms with Crippen LogP contribution in [0.3, 0.4) is 0 Å². The van der Waals surface area contributed by atoms with Gasteiger partial charge < -0.3 is 5.32 Å². The molecule has 0 aliphatic heterocycles. The van der Waals surface area contributed by atoms with Crippen molar-refractivity contribution in [2.75, 3.05) is 5.32 Å². The summed E-state index contributed by atoms with van der Waals surface area (Å²) in [6.07, 6.45) is 0. The summed E-state index contributed by atoms with van der Waals surface area (Å²) in [5.74, 6) is 0.455. The lowest BCUT2D eigenvalue weighted by atomic mass is 10.0. The smallest absolute Gasteiger partial charge is 0.267 e. The topological polar surface area (TPSA) is 42.0 Å². The highest BCUT2D eigenvalue weighted by Crippen LogP contribution is 2.29. The van der Waals surface area contributed by atoms with Gasteiger partial charge in [0.1, 0.15) is 10.7 Å². The van der Waals surface area contributed by atoms with E-state index in [1.165, 1.54) is 16.9 Å². The van der Waals surface area contributed by atoms with Crippen LogP contribution < -0.4 is 5.32 Å². The van der Waals surface area contributed by atoms with Crippen LogP contribution in [0.4, 0.5) is 5.82 Å². The summed E-state index contributed by atoms with van der Waals surface area (Å²) in [4.78, 5) is 17.5. The molecule has 3 nitrogen and oxygen atoms in total. The van der Waals surface area contributed by atoms with Crippen LogP contribution in [0.5, 0.6) is 0 Å². The monoisotopic (exact) mass is 308 g/mol. The first kappa shape index (κ1) is 14.5. The van der Waals surface area contributed by atoms with Gasteiger partial charge in [-0.25, -0.2) is 4.98 Å². The summed E-state index contributed by atoms with van der Waals surface area (Å²) in [6, 6.07) is 15.7. The van der Waals surface area contributed by atoms with Crippen molar-refractivity contribution in [3.8, 4) is 11.1 Å². The number of hydrogen-bond acceptors (Lipinski definition) is 3. The third-order valence-corrected chi connectivity index (χ3v) is 4.28. The quantitative estimate of drug-likeness (QED) is 0.763. The third kappa shape index (κ3) is 3.07. The summed E-state index contributed by atoms with van der Waals surface area (Å²) in [5, 5.41) is 4.81. The lowest BCUT2D eigenvalue weighted by Crippen LogP contribution is -2.12. The van der Waals surface area contributed by atoms with Crippen molar-refractivity contribution in [3.63, 3.8) is 0 Å². The molecular formula is C18H16N2OS. The zero-order chi connectivity index (χ0) is 15.5. The van der Waals surface area contributed by atoms with Crippen LogP contribution in [0.25, 0.3) is 11.1 Å².